The summed E-state index contributed by atoms with van der Waals surface area (Å²) in [7, 11) is 0. The van der Waals surface area contributed by atoms with Gasteiger partial charge in [-0.1, -0.05) is 60.1 Å². The maximum absolute atomic E-state index is 12.5. The molecule has 2 aliphatic heterocycles. The van der Waals surface area contributed by atoms with Gasteiger partial charge in [0.2, 0.25) is 5.91 Å². The van der Waals surface area contributed by atoms with Gasteiger partial charge in [0.1, 0.15) is 0 Å². The summed E-state index contributed by atoms with van der Waals surface area (Å²) in [5, 5.41) is 13.9. The summed E-state index contributed by atoms with van der Waals surface area (Å²) in [5.74, 6) is -0.0447. The van der Waals surface area contributed by atoms with Gasteiger partial charge in [0, 0.05) is 30.7 Å². The maximum Gasteiger partial charge on any atom is 0.222 e. The van der Waals surface area contributed by atoms with Crippen LogP contribution in [0.1, 0.15) is 30.4 Å². The molecule has 2 aromatic rings. The molecule has 2 N–H and O–H groups in total. The van der Waals surface area contributed by atoms with Crippen molar-refractivity contribution in [2.24, 2.45) is 0 Å². The number of hydrogen-bond acceptors (Lipinski definition) is 5. The molecule has 0 spiro atoms. The van der Waals surface area contributed by atoms with E-state index in [9.17, 15) is 9.90 Å². The second-order valence-electron chi connectivity index (χ2n) is 8.62. The summed E-state index contributed by atoms with van der Waals surface area (Å²) in [6.07, 6.45) is 1.22. The van der Waals surface area contributed by atoms with Crippen LogP contribution in [0.3, 0.4) is 0 Å². The minimum absolute atomic E-state index is 0.0447. The highest BCUT2D eigenvalue weighted by Gasteiger charge is 2.38. The lowest BCUT2D eigenvalue weighted by Crippen LogP contribution is -2.55. The van der Waals surface area contributed by atoms with Crippen LogP contribution in [0.25, 0.3) is 0 Å². The lowest BCUT2D eigenvalue weighted by atomic mass is 9.94. The van der Waals surface area contributed by atoms with Crippen LogP contribution in [0.5, 0.6) is 0 Å². The molecule has 0 saturated carbocycles. The predicted octanol–water partition coefficient (Wildman–Crippen LogP) is 3.16. The first-order chi connectivity index (χ1) is 15.6. The predicted molar refractivity (Wildman–Crippen MR) is 123 cm³/mol. The van der Waals surface area contributed by atoms with Crippen LogP contribution < -0.4 is 5.32 Å². The van der Waals surface area contributed by atoms with Gasteiger partial charge in [-0.15, -0.1) is 0 Å². The number of amides is 1. The fourth-order valence-electron chi connectivity index (χ4n) is 4.56. The summed E-state index contributed by atoms with van der Waals surface area (Å²) in [6.45, 7) is 2.42. The van der Waals surface area contributed by atoms with E-state index >= 15 is 0 Å². The molecular formula is C25H31ClN2O4. The number of nitrogens with zero attached hydrogens (tertiary/aromatic N) is 1. The molecule has 32 heavy (non-hydrogen) atoms. The number of fused-ring (bicyclic) bond motifs is 1. The van der Waals surface area contributed by atoms with E-state index in [0.29, 0.717) is 37.7 Å². The zero-order valence-corrected chi connectivity index (χ0v) is 18.9. The SMILES string of the molecule is O=C(C[C@H]1CC[C@H]2[C@@H](COC[C@H](O)CN2Cc2ccccc2)O1)NCc1ccccc1Cl. The molecule has 0 bridgehead atoms. The number of halogens is 1. The van der Waals surface area contributed by atoms with Crippen molar-refractivity contribution in [3.8, 4) is 0 Å². The molecule has 4 rings (SSSR count). The number of nitrogens with one attached hydrogen (secondary N) is 1. The van der Waals surface area contributed by atoms with E-state index in [-0.39, 0.29) is 24.2 Å². The smallest absolute Gasteiger partial charge is 0.222 e. The summed E-state index contributed by atoms with van der Waals surface area (Å²) in [6, 6.07) is 17.9. The van der Waals surface area contributed by atoms with Crippen LogP contribution >= 0.6 is 11.6 Å². The van der Waals surface area contributed by atoms with Crippen molar-refractivity contribution >= 4 is 17.5 Å². The first-order valence-electron chi connectivity index (χ1n) is 11.3. The molecule has 0 aliphatic carbocycles. The van der Waals surface area contributed by atoms with Crippen LogP contribution in [0.4, 0.5) is 0 Å². The van der Waals surface area contributed by atoms with E-state index < -0.39 is 6.10 Å². The Morgan fingerprint density at radius 3 is 2.69 bits per heavy atom. The highest BCUT2D eigenvalue weighted by atomic mass is 35.5. The third-order valence-corrected chi connectivity index (χ3v) is 6.53. The fraction of sp³-hybridized carbons (Fsp3) is 0.480. The quantitative estimate of drug-likeness (QED) is 0.695. The normalized spacial score (nSPS) is 26.6. The van der Waals surface area contributed by atoms with Crippen molar-refractivity contribution in [3.05, 3.63) is 70.7 Å². The van der Waals surface area contributed by atoms with Crippen molar-refractivity contribution in [2.45, 2.75) is 56.7 Å². The molecule has 172 valence electrons. The van der Waals surface area contributed by atoms with E-state index in [2.05, 4.69) is 22.3 Å². The number of benzene rings is 2. The molecule has 4 atom stereocenters. The number of aliphatic hydroxyl groups excluding tert-OH is 1. The first kappa shape index (κ1) is 23.2. The van der Waals surface area contributed by atoms with Gasteiger partial charge in [0.25, 0.3) is 0 Å². The van der Waals surface area contributed by atoms with E-state index in [1.807, 2.05) is 42.5 Å². The molecule has 2 saturated heterocycles. The Kier molecular flexibility index (Phi) is 8.16. The second kappa shape index (κ2) is 11.3. The molecule has 2 heterocycles. The number of carbonyl (C=O) groups excluding carboxylic acids is 1. The Morgan fingerprint density at radius 1 is 1.09 bits per heavy atom. The van der Waals surface area contributed by atoms with Gasteiger partial charge >= 0.3 is 0 Å². The van der Waals surface area contributed by atoms with Gasteiger partial charge < -0.3 is 19.9 Å². The van der Waals surface area contributed by atoms with Gasteiger partial charge in [-0.2, -0.15) is 0 Å². The number of aliphatic hydroxyl groups is 1. The van der Waals surface area contributed by atoms with E-state index in [1.54, 1.807) is 0 Å². The van der Waals surface area contributed by atoms with Gasteiger partial charge in [-0.05, 0) is 30.0 Å². The standard InChI is InChI=1S/C25H31ClN2O4/c26-22-9-5-4-8-19(22)13-27-25(30)12-21-10-11-23-24(32-21)17-31-16-20(29)15-28(23)14-18-6-2-1-3-7-18/h1-9,20-21,23-24,29H,10-17H2,(H,27,30)/t20-,21-,23+,24-/m1/s1. The highest BCUT2D eigenvalue weighted by molar-refractivity contribution is 6.31. The molecule has 6 nitrogen and oxygen atoms in total. The average Bonchev–Trinajstić information content (AvgIpc) is 2.78. The maximum atomic E-state index is 12.5. The molecule has 0 radical (unpaired) electrons. The second-order valence-corrected chi connectivity index (χ2v) is 9.03. The minimum Gasteiger partial charge on any atom is -0.389 e. The Bertz CT molecular complexity index is 881. The molecule has 0 aromatic heterocycles. The van der Waals surface area contributed by atoms with Gasteiger partial charge in [0.15, 0.2) is 0 Å². The van der Waals surface area contributed by atoms with E-state index in [0.717, 1.165) is 24.9 Å². The lowest BCUT2D eigenvalue weighted by Gasteiger charge is -2.44. The van der Waals surface area contributed by atoms with Gasteiger partial charge in [-0.3, -0.25) is 9.69 Å². The molecule has 1 amide bonds. The van der Waals surface area contributed by atoms with Crippen LogP contribution in [0.15, 0.2) is 54.6 Å². The largest absolute Gasteiger partial charge is 0.389 e. The third kappa shape index (κ3) is 6.30. The molecule has 7 heteroatoms. The highest BCUT2D eigenvalue weighted by Crippen LogP contribution is 2.28. The molecule has 0 unspecified atom stereocenters. The third-order valence-electron chi connectivity index (χ3n) is 6.16. The van der Waals surface area contributed by atoms with Gasteiger partial charge in [-0.25, -0.2) is 0 Å². The molecule has 2 fully saturated rings. The van der Waals surface area contributed by atoms with E-state index in [4.69, 9.17) is 21.1 Å². The summed E-state index contributed by atoms with van der Waals surface area (Å²) in [4.78, 5) is 14.8. The Hall–Kier alpha value is -1.96. The Balaban J connectivity index is 1.34. The van der Waals surface area contributed by atoms with Crippen LogP contribution in [-0.4, -0.2) is 60.0 Å². The molecule has 2 aromatic carbocycles. The van der Waals surface area contributed by atoms with Crippen molar-refractivity contribution in [1.29, 1.82) is 0 Å². The zero-order chi connectivity index (χ0) is 22.3. The Labute approximate surface area is 194 Å². The van der Waals surface area contributed by atoms with Gasteiger partial charge in [0.05, 0.1) is 37.9 Å². The summed E-state index contributed by atoms with van der Waals surface area (Å²) in [5.41, 5.74) is 2.11. The number of hydrogen-bond donors (Lipinski definition) is 2. The monoisotopic (exact) mass is 458 g/mol. The van der Waals surface area contributed by atoms with Crippen molar-refractivity contribution in [3.63, 3.8) is 0 Å². The molecule has 2 aliphatic rings. The average molecular weight is 459 g/mol. The zero-order valence-electron chi connectivity index (χ0n) is 18.2. The number of carbonyl (C=O) groups is 1. The van der Waals surface area contributed by atoms with Crippen LogP contribution in [0.2, 0.25) is 5.02 Å². The van der Waals surface area contributed by atoms with E-state index in [1.165, 1.54) is 5.56 Å². The summed E-state index contributed by atoms with van der Waals surface area (Å²) < 4.78 is 12.1. The first-order valence-corrected chi connectivity index (χ1v) is 11.7. The molecular weight excluding hydrogens is 428 g/mol. The van der Waals surface area contributed by atoms with Crippen molar-refractivity contribution in [1.82, 2.24) is 10.2 Å². The topological polar surface area (TPSA) is 71.0 Å². The number of rotatable bonds is 6. The fourth-order valence-corrected chi connectivity index (χ4v) is 4.76. The number of β-amino-alcohol motifs (C(OH)–C–C–N with tert-alkyl or cyclic N) is 1. The van der Waals surface area contributed by atoms with Crippen molar-refractivity contribution in [2.75, 3.05) is 19.8 Å². The minimum atomic E-state index is -0.520. The van der Waals surface area contributed by atoms with Crippen LogP contribution in [-0.2, 0) is 27.4 Å². The number of ether oxygens (including phenoxy) is 2. The van der Waals surface area contributed by atoms with Crippen molar-refractivity contribution < 1.29 is 19.4 Å². The summed E-state index contributed by atoms with van der Waals surface area (Å²) >= 11 is 6.17. The lowest BCUT2D eigenvalue weighted by molar-refractivity contribution is -0.158. The Morgan fingerprint density at radius 2 is 1.88 bits per heavy atom. The van der Waals surface area contributed by atoms with Crippen LogP contribution in [0, 0.1) is 0 Å².